The Labute approximate surface area is 248 Å². The van der Waals surface area contributed by atoms with Crippen LogP contribution in [0.5, 0.6) is 0 Å². The molecule has 6 heteroatoms. The third-order valence-electron chi connectivity index (χ3n) is 5.68. The minimum atomic E-state index is 0. The molecule has 0 unspecified atom stereocenters. The Morgan fingerprint density at radius 2 is 1.00 bits per heavy atom. The van der Waals surface area contributed by atoms with Crippen molar-refractivity contribution in [1.82, 2.24) is 0 Å². The van der Waals surface area contributed by atoms with Crippen LogP contribution >= 0.6 is 0 Å². The van der Waals surface area contributed by atoms with Crippen molar-refractivity contribution < 1.29 is 58.9 Å². The normalized spacial score (nSPS) is 11.6. The summed E-state index contributed by atoms with van der Waals surface area (Å²) in [4.78, 5) is 5.08. The van der Waals surface area contributed by atoms with Crippen LogP contribution in [0.15, 0.2) is 53.2 Å². The van der Waals surface area contributed by atoms with Crippen molar-refractivity contribution in [2.45, 2.75) is 92.9 Å². The van der Waals surface area contributed by atoms with Gasteiger partial charge in [0, 0.05) is 5.71 Å². The van der Waals surface area contributed by atoms with E-state index < -0.39 is 0 Å². The molecule has 0 aliphatic heterocycles. The number of hydrogen-bond donors (Lipinski definition) is 0. The van der Waals surface area contributed by atoms with Gasteiger partial charge in [0.1, 0.15) is 0 Å². The summed E-state index contributed by atoms with van der Waals surface area (Å²) in [6.45, 7) is 22.1. The van der Waals surface area contributed by atoms with Gasteiger partial charge in [0.25, 0.3) is 0 Å². The van der Waals surface area contributed by atoms with Gasteiger partial charge in [-0.3, -0.25) is 4.99 Å². The van der Waals surface area contributed by atoms with Crippen molar-refractivity contribution >= 4 is 17.1 Å². The van der Waals surface area contributed by atoms with Gasteiger partial charge in [-0.05, 0) is 41.7 Å². The van der Waals surface area contributed by atoms with Crippen molar-refractivity contribution in [3.63, 3.8) is 0 Å². The summed E-state index contributed by atoms with van der Waals surface area (Å²) in [5.74, 6) is 1.75. The van der Waals surface area contributed by atoms with E-state index in [0.29, 0.717) is 23.7 Å². The maximum absolute atomic E-state index is 5.08. The molecule has 2 aromatic carbocycles. The molecule has 0 saturated heterocycles. The molecule has 35 heavy (non-hydrogen) atoms. The van der Waals surface area contributed by atoms with Crippen LogP contribution in [-0.4, -0.2) is 5.71 Å². The zero-order valence-electron chi connectivity index (χ0n) is 22.9. The average molecular weight is 572 g/mol. The molecule has 0 saturated carbocycles. The van der Waals surface area contributed by atoms with Crippen LogP contribution in [0.1, 0.15) is 115 Å². The van der Waals surface area contributed by atoms with E-state index in [2.05, 4.69) is 112 Å². The molecule has 0 aliphatic carbocycles. The van der Waals surface area contributed by atoms with E-state index in [4.69, 9.17) is 10.3 Å². The Bertz CT molecular complexity index is 912. The smallest absolute Gasteiger partial charge is 1.00 e. The quantitative estimate of drug-likeness (QED) is 0.333. The van der Waals surface area contributed by atoms with Crippen LogP contribution in [0.4, 0.5) is 11.4 Å². The van der Waals surface area contributed by atoms with E-state index in [1.165, 1.54) is 22.3 Å². The fourth-order valence-corrected chi connectivity index (χ4v) is 4.00. The van der Waals surface area contributed by atoms with Crippen LogP contribution in [0.2, 0.25) is 0 Å². The van der Waals surface area contributed by atoms with Crippen LogP contribution < -0.4 is 37.2 Å². The summed E-state index contributed by atoms with van der Waals surface area (Å²) < 4.78 is 0. The van der Waals surface area contributed by atoms with E-state index in [-0.39, 0.29) is 58.9 Å². The summed E-state index contributed by atoms with van der Waals surface area (Å²) in [5, 5.41) is 5.08. The third kappa shape index (κ3) is 10.6. The van der Waals surface area contributed by atoms with Gasteiger partial charge < -0.3 is 42.5 Å². The molecule has 0 fully saturated rings. The minimum Gasteiger partial charge on any atom is -1.00 e. The van der Waals surface area contributed by atoms with Gasteiger partial charge in [-0.25, -0.2) is 0 Å². The van der Waals surface area contributed by atoms with Gasteiger partial charge in [-0.2, -0.15) is 5.70 Å². The van der Waals surface area contributed by atoms with Gasteiger partial charge in [0.05, 0.1) is 5.69 Å². The van der Waals surface area contributed by atoms with Crippen molar-refractivity contribution in [1.29, 1.82) is 0 Å². The monoisotopic (exact) mass is 570 g/mol. The molecular weight excluding hydrogens is 531 g/mol. The van der Waals surface area contributed by atoms with Crippen LogP contribution in [-0.2, 0) is 21.7 Å². The van der Waals surface area contributed by atoms with E-state index in [0.717, 1.165) is 22.8 Å². The number of allylic oxidation sites excluding steroid dienone is 2. The Morgan fingerprint density at radius 1 is 0.657 bits per heavy atom. The molecule has 2 aromatic rings. The first-order valence-corrected chi connectivity index (χ1v) is 11.7. The van der Waals surface area contributed by atoms with Crippen LogP contribution in [0.3, 0.4) is 0 Å². The second-order valence-corrected chi connectivity index (χ2v) is 9.84. The van der Waals surface area contributed by atoms with E-state index in [1.54, 1.807) is 0 Å². The fraction of sp³-hybridized carbons (Fsp3) is 0.483. The first-order valence-electron chi connectivity index (χ1n) is 11.7. The molecule has 2 nitrogen and oxygen atoms in total. The molecule has 0 heterocycles. The van der Waals surface area contributed by atoms with Crippen LogP contribution in [0, 0.1) is 0 Å². The molecular formula is C29H41Cl3N2Ti. The molecule has 0 bridgehead atoms. The van der Waals surface area contributed by atoms with Crippen molar-refractivity contribution in [2.75, 3.05) is 0 Å². The van der Waals surface area contributed by atoms with Gasteiger partial charge in [0.2, 0.25) is 0 Å². The largest absolute Gasteiger partial charge is 4.00 e. The molecule has 2 rings (SSSR count). The van der Waals surface area contributed by atoms with E-state index in [9.17, 15) is 0 Å². The Kier molecular flexibility index (Phi) is 19.5. The summed E-state index contributed by atoms with van der Waals surface area (Å²) in [6, 6.07) is 13.1. The first-order chi connectivity index (χ1) is 14.5. The number of nitrogens with zero attached hydrogens (tertiary/aromatic N) is 2. The van der Waals surface area contributed by atoms with E-state index in [1.807, 2.05) is 0 Å². The summed E-state index contributed by atoms with van der Waals surface area (Å²) >= 11 is 0. The maximum Gasteiger partial charge on any atom is 4.00 e. The maximum atomic E-state index is 5.08. The fourth-order valence-electron chi connectivity index (χ4n) is 4.00. The predicted octanol–water partition coefficient (Wildman–Crippen LogP) is 0.891. The number of halogens is 3. The zero-order valence-corrected chi connectivity index (χ0v) is 26.7. The van der Waals surface area contributed by atoms with Crippen LogP contribution in [0.25, 0.3) is 5.32 Å². The number of hydrogen-bond acceptors (Lipinski definition) is 1. The molecule has 0 aliphatic rings. The molecule has 0 atom stereocenters. The molecule has 0 radical (unpaired) electrons. The second-order valence-electron chi connectivity index (χ2n) is 9.84. The predicted molar refractivity (Wildman–Crippen MR) is 139 cm³/mol. The molecule has 192 valence electrons. The van der Waals surface area contributed by atoms with Gasteiger partial charge in [-0.15, -0.1) is 5.69 Å². The number of benzene rings is 2. The topological polar surface area (TPSA) is 26.5 Å². The van der Waals surface area contributed by atoms with Crippen molar-refractivity contribution in [3.8, 4) is 0 Å². The summed E-state index contributed by atoms with van der Waals surface area (Å²) in [6.07, 6.45) is 2.11. The Hall–Kier alpha value is -0.766. The minimum absolute atomic E-state index is 0. The van der Waals surface area contributed by atoms with Gasteiger partial charge >= 0.3 is 21.7 Å². The number of rotatable bonds is 8. The van der Waals surface area contributed by atoms with Crippen molar-refractivity contribution in [3.05, 3.63) is 75.7 Å². The second kappa shape index (κ2) is 17.6. The first kappa shape index (κ1) is 38.8. The summed E-state index contributed by atoms with van der Waals surface area (Å²) in [5.41, 5.74) is 9.45. The SMILES string of the molecule is CC(/C=C(\C)[N-]c1c(C(C)C)cccc1C(C)C)=Nc1c(C(C)C)cccc1C(C)C.[Cl-].[Cl-].[Cl-].[Ti+4]. The molecule has 0 amide bonds. The number of aliphatic imine (C=N–C) groups is 1. The average Bonchev–Trinajstić information content (AvgIpc) is 2.67. The summed E-state index contributed by atoms with van der Waals surface area (Å²) in [7, 11) is 0. The number of para-hydroxylation sites is 2. The van der Waals surface area contributed by atoms with Gasteiger partial charge in [-0.1, -0.05) is 116 Å². The molecule has 0 N–H and O–H groups in total. The van der Waals surface area contributed by atoms with Crippen molar-refractivity contribution in [2.24, 2.45) is 4.99 Å². The Balaban J connectivity index is -0.00000256. The molecule has 0 spiro atoms. The van der Waals surface area contributed by atoms with Gasteiger partial charge in [0.15, 0.2) is 0 Å². The third-order valence-corrected chi connectivity index (χ3v) is 5.68. The Morgan fingerprint density at radius 3 is 1.34 bits per heavy atom. The van der Waals surface area contributed by atoms with E-state index >= 15 is 0 Å². The zero-order chi connectivity index (χ0) is 23.3. The molecule has 0 aromatic heterocycles. The standard InChI is InChI=1S/C29H41N2.3ClH.Ti/c1-18(2)24-13-11-14-25(19(3)4)28(24)30-22(9)17-23(10)31-29-26(20(5)6)15-12-16-27(29)21(7)8;;;;/h11-21H,1-10H3;3*1H;/q-1;;;;+4/p-3/b22-17+,31-23?;;;;.